The van der Waals surface area contributed by atoms with E-state index in [0.717, 1.165) is 0 Å². The zero-order valence-corrected chi connectivity index (χ0v) is 11.1. The Morgan fingerprint density at radius 1 is 1.63 bits per heavy atom. The van der Waals surface area contributed by atoms with Gasteiger partial charge in [-0.05, 0) is 0 Å². The fourth-order valence-corrected chi connectivity index (χ4v) is 2.59. The van der Waals surface area contributed by atoms with Gasteiger partial charge in [-0.25, -0.2) is 4.98 Å². The van der Waals surface area contributed by atoms with Crippen molar-refractivity contribution in [3.8, 4) is 0 Å². The number of aromatic nitrogens is 1. The summed E-state index contributed by atoms with van der Waals surface area (Å²) >= 11 is 1.19. The fraction of sp³-hybridized carbons (Fsp3) is 0.636. The Kier molecular flexibility index (Phi) is 4.48. The number of carbonyl (C=O) groups excluding carboxylic acids is 1. The van der Waals surface area contributed by atoms with Crippen LogP contribution in [0.4, 0.5) is 5.13 Å². The maximum Gasteiger partial charge on any atom is 0.185 e. The Morgan fingerprint density at radius 3 is 2.95 bits per heavy atom. The largest absolute Gasteiger partial charge is 0.394 e. The summed E-state index contributed by atoms with van der Waals surface area (Å²) in [7, 11) is 0. The first kappa shape index (κ1) is 14.4. The number of hydrogen-bond donors (Lipinski definition) is 4. The molecule has 0 aromatic carbocycles. The highest BCUT2D eigenvalue weighted by Crippen LogP contribution is 2.24. The van der Waals surface area contributed by atoms with Crippen LogP contribution in [0.5, 0.6) is 0 Å². The summed E-state index contributed by atoms with van der Waals surface area (Å²) in [6, 6.07) is 0. The maximum absolute atomic E-state index is 11.1. The summed E-state index contributed by atoms with van der Waals surface area (Å²) in [5.41, 5.74) is 0. The Morgan fingerprint density at radius 2 is 2.37 bits per heavy atom. The van der Waals surface area contributed by atoms with E-state index in [1.165, 1.54) is 24.5 Å². The minimum absolute atomic E-state index is 0.0706. The molecule has 106 valence electrons. The lowest BCUT2D eigenvalue weighted by atomic mass is 10.0. The monoisotopic (exact) mass is 288 g/mol. The summed E-state index contributed by atoms with van der Waals surface area (Å²) in [4.78, 5) is 15.7. The van der Waals surface area contributed by atoms with E-state index in [1.54, 1.807) is 0 Å². The number of aliphatic hydroxyl groups is 3. The van der Waals surface area contributed by atoms with Gasteiger partial charge >= 0.3 is 0 Å². The van der Waals surface area contributed by atoms with Crippen molar-refractivity contribution in [1.29, 1.82) is 0 Å². The van der Waals surface area contributed by atoms with Crippen molar-refractivity contribution in [2.75, 3.05) is 11.9 Å². The molecule has 1 aromatic rings. The molecule has 0 bridgehead atoms. The van der Waals surface area contributed by atoms with E-state index < -0.39 is 24.5 Å². The van der Waals surface area contributed by atoms with Crippen LogP contribution in [0.15, 0.2) is 6.20 Å². The number of aliphatic hydroxyl groups excluding tert-OH is 3. The van der Waals surface area contributed by atoms with Gasteiger partial charge in [-0.15, -0.1) is 0 Å². The van der Waals surface area contributed by atoms with Crippen LogP contribution in [-0.4, -0.2) is 57.2 Å². The normalized spacial score (nSPS) is 31.2. The summed E-state index contributed by atoms with van der Waals surface area (Å²) in [5.74, 6) is -0.0706. The number of ether oxygens (including phenoxy) is 1. The lowest BCUT2D eigenvalue weighted by molar-refractivity contribution is -0.172. The van der Waals surface area contributed by atoms with Crippen LogP contribution in [-0.2, 0) is 4.74 Å². The van der Waals surface area contributed by atoms with E-state index in [2.05, 4.69) is 10.3 Å². The number of nitrogens with one attached hydrogen (secondary N) is 1. The summed E-state index contributed by atoms with van der Waals surface area (Å²) < 4.78 is 5.40. The van der Waals surface area contributed by atoms with Crippen LogP contribution in [0, 0.1) is 0 Å². The number of ketones is 1. The minimum Gasteiger partial charge on any atom is -0.394 e. The van der Waals surface area contributed by atoms with E-state index in [1.807, 2.05) is 0 Å². The molecule has 0 radical (unpaired) electrons. The van der Waals surface area contributed by atoms with Gasteiger partial charge < -0.3 is 25.4 Å². The molecular formula is C11H16N2O5S. The lowest BCUT2D eigenvalue weighted by Crippen LogP contribution is -2.51. The molecule has 1 saturated heterocycles. The Bertz CT molecular complexity index is 452. The number of rotatable bonds is 4. The van der Waals surface area contributed by atoms with E-state index in [9.17, 15) is 15.0 Å². The van der Waals surface area contributed by atoms with Crippen LogP contribution >= 0.6 is 11.3 Å². The quantitative estimate of drug-likeness (QED) is 0.557. The molecule has 1 aromatic heterocycles. The minimum atomic E-state index is -1.10. The number of thiazole rings is 1. The molecule has 3 unspecified atom stereocenters. The Labute approximate surface area is 113 Å². The van der Waals surface area contributed by atoms with E-state index >= 15 is 0 Å². The summed E-state index contributed by atoms with van der Waals surface area (Å²) in [6.07, 6.45) is -1.85. The van der Waals surface area contributed by atoms with E-state index in [4.69, 9.17) is 9.84 Å². The van der Waals surface area contributed by atoms with Crippen LogP contribution in [0.2, 0.25) is 0 Å². The third kappa shape index (κ3) is 3.28. The van der Waals surface area contributed by atoms with Gasteiger partial charge in [0.15, 0.2) is 10.9 Å². The zero-order chi connectivity index (χ0) is 14.0. The number of hydrogen-bond acceptors (Lipinski definition) is 8. The first-order valence-corrected chi connectivity index (χ1v) is 6.68. The third-order valence-corrected chi connectivity index (χ3v) is 3.92. The molecule has 1 fully saturated rings. The molecule has 19 heavy (non-hydrogen) atoms. The number of Topliss-reactive ketones (excluding diaryl/α,β-unsaturated/α-hetero) is 1. The van der Waals surface area contributed by atoms with Crippen molar-refractivity contribution in [3.05, 3.63) is 11.1 Å². The molecule has 8 heteroatoms. The summed E-state index contributed by atoms with van der Waals surface area (Å²) in [5, 5.41) is 31.7. The van der Waals surface area contributed by atoms with Gasteiger partial charge in [-0.1, -0.05) is 11.3 Å². The molecule has 4 N–H and O–H groups in total. The second kappa shape index (κ2) is 5.93. The standard InChI is InChI=1S/C11H16N2O5S/c1-5(15)8-3-12-11(19-8)13-9-2-6(16)10(17)7(4-14)18-9/h3,6-7,9-10,14,16-17H,2,4H2,1H3,(H,12,13)/t6?,7?,9-,10?/m0/s1. The third-order valence-electron chi connectivity index (χ3n) is 2.89. The van der Waals surface area contributed by atoms with Crippen molar-refractivity contribution in [2.24, 2.45) is 0 Å². The van der Waals surface area contributed by atoms with Crippen LogP contribution < -0.4 is 5.32 Å². The Balaban J connectivity index is 2.00. The molecule has 0 aliphatic carbocycles. The molecule has 1 aliphatic rings. The molecular weight excluding hydrogens is 272 g/mol. The van der Waals surface area contributed by atoms with Crippen molar-refractivity contribution >= 4 is 22.3 Å². The molecule has 2 heterocycles. The van der Waals surface area contributed by atoms with Gasteiger partial charge in [-0.3, -0.25) is 4.79 Å². The number of anilines is 1. The van der Waals surface area contributed by atoms with Crippen molar-refractivity contribution in [3.63, 3.8) is 0 Å². The van der Waals surface area contributed by atoms with Gasteiger partial charge in [0.2, 0.25) is 0 Å². The van der Waals surface area contributed by atoms with Crippen LogP contribution in [0.1, 0.15) is 23.0 Å². The fourth-order valence-electron chi connectivity index (χ4n) is 1.84. The SMILES string of the molecule is CC(=O)c1cnc(N[C@@H]2CC(O)C(O)C(CO)O2)s1. The number of nitrogens with zero attached hydrogens (tertiary/aromatic N) is 1. The highest BCUT2D eigenvalue weighted by atomic mass is 32.1. The van der Waals surface area contributed by atoms with Crippen LogP contribution in [0.3, 0.4) is 0 Å². The average molecular weight is 288 g/mol. The lowest BCUT2D eigenvalue weighted by Gasteiger charge is -2.36. The highest BCUT2D eigenvalue weighted by Gasteiger charge is 2.36. The topological polar surface area (TPSA) is 112 Å². The molecule has 7 nitrogen and oxygen atoms in total. The number of carbonyl (C=O) groups is 1. The molecule has 0 amide bonds. The predicted molar refractivity (Wildman–Crippen MR) is 68.1 cm³/mol. The summed E-state index contributed by atoms with van der Waals surface area (Å²) in [6.45, 7) is 1.07. The molecule has 1 aliphatic heterocycles. The average Bonchev–Trinajstić information content (AvgIpc) is 2.82. The van der Waals surface area contributed by atoms with Gasteiger partial charge in [-0.2, -0.15) is 0 Å². The maximum atomic E-state index is 11.1. The second-order valence-electron chi connectivity index (χ2n) is 4.37. The molecule has 2 rings (SSSR count). The van der Waals surface area contributed by atoms with Gasteiger partial charge in [0.05, 0.1) is 23.8 Å². The van der Waals surface area contributed by atoms with E-state index in [0.29, 0.717) is 10.0 Å². The van der Waals surface area contributed by atoms with Crippen molar-refractivity contribution in [1.82, 2.24) is 4.98 Å². The zero-order valence-electron chi connectivity index (χ0n) is 10.3. The van der Waals surface area contributed by atoms with Gasteiger partial charge in [0.25, 0.3) is 0 Å². The first-order valence-electron chi connectivity index (χ1n) is 5.87. The smallest absolute Gasteiger partial charge is 0.185 e. The van der Waals surface area contributed by atoms with Crippen molar-refractivity contribution < 1.29 is 24.9 Å². The second-order valence-corrected chi connectivity index (χ2v) is 5.40. The van der Waals surface area contributed by atoms with Crippen LogP contribution in [0.25, 0.3) is 0 Å². The molecule has 0 spiro atoms. The van der Waals surface area contributed by atoms with Gasteiger partial charge in [0.1, 0.15) is 18.4 Å². The van der Waals surface area contributed by atoms with Crippen molar-refractivity contribution in [2.45, 2.75) is 37.9 Å². The first-order chi connectivity index (χ1) is 9.01. The van der Waals surface area contributed by atoms with E-state index in [-0.39, 0.29) is 18.8 Å². The molecule has 0 saturated carbocycles. The highest BCUT2D eigenvalue weighted by molar-refractivity contribution is 7.17. The van der Waals surface area contributed by atoms with Gasteiger partial charge in [0, 0.05) is 13.3 Å². The Hall–Kier alpha value is -1.06. The molecule has 4 atom stereocenters. The predicted octanol–water partition coefficient (Wildman–Crippen LogP) is -0.413.